The van der Waals surface area contributed by atoms with E-state index < -0.39 is 49.5 Å². The van der Waals surface area contributed by atoms with E-state index in [0.29, 0.717) is 6.42 Å². The summed E-state index contributed by atoms with van der Waals surface area (Å²) in [6, 6.07) is -0.799. The number of ether oxygens (including phenoxy) is 2. The highest BCUT2D eigenvalue weighted by atomic mass is 16.7. The van der Waals surface area contributed by atoms with Gasteiger partial charge in [-0.05, 0) is 19.3 Å². The summed E-state index contributed by atoms with van der Waals surface area (Å²) < 4.78 is 11.3. The SMILES string of the molecule is CCCCCCCCCCCCCCCCCCCCC/C=C/C(O)C(COC1OC(CO)C(O)C(O)C1O)NC(=O)CCCCCCCCCCCCCCCCCCCCC. The topological polar surface area (TPSA) is 149 Å². The Morgan fingerprint density at radius 3 is 1.24 bits per heavy atom. The van der Waals surface area contributed by atoms with Crippen LogP contribution in [0.15, 0.2) is 12.2 Å². The summed E-state index contributed by atoms with van der Waals surface area (Å²) in [5.74, 6) is -0.171. The van der Waals surface area contributed by atoms with Crippen LogP contribution in [0.5, 0.6) is 0 Å². The molecule has 9 nitrogen and oxygen atoms in total. The van der Waals surface area contributed by atoms with E-state index >= 15 is 0 Å². The maximum atomic E-state index is 13.0. The Bertz CT molecular complexity index is 997. The number of amides is 1. The second-order valence-electron chi connectivity index (χ2n) is 19.4. The molecule has 1 fully saturated rings. The van der Waals surface area contributed by atoms with Gasteiger partial charge in [-0.25, -0.2) is 0 Å². The Balaban J connectivity index is 2.25. The quantitative estimate of drug-likeness (QED) is 0.0261. The third-order valence-corrected chi connectivity index (χ3v) is 13.4. The van der Waals surface area contributed by atoms with Crippen molar-refractivity contribution in [3.8, 4) is 0 Å². The van der Waals surface area contributed by atoms with Gasteiger partial charge in [0.05, 0.1) is 25.4 Å². The lowest BCUT2D eigenvalue weighted by molar-refractivity contribution is -0.302. The molecule has 6 N–H and O–H groups in total. The van der Waals surface area contributed by atoms with Gasteiger partial charge in [0.25, 0.3) is 0 Å². The van der Waals surface area contributed by atoms with E-state index in [-0.39, 0.29) is 12.5 Å². The predicted octanol–water partition coefficient (Wildman–Crippen LogP) is 12.8. The molecule has 0 spiro atoms. The predicted molar refractivity (Wildman–Crippen MR) is 263 cm³/mol. The summed E-state index contributed by atoms with van der Waals surface area (Å²) in [4.78, 5) is 13.0. The van der Waals surface area contributed by atoms with Crippen molar-refractivity contribution in [2.75, 3.05) is 13.2 Å². The maximum absolute atomic E-state index is 13.0. The average molecular weight is 896 g/mol. The largest absolute Gasteiger partial charge is 0.394 e. The molecular formula is C54H105NO8. The summed E-state index contributed by atoms with van der Waals surface area (Å²) >= 11 is 0. The number of carbonyl (C=O) groups is 1. The molecule has 1 heterocycles. The molecule has 9 heteroatoms. The molecule has 374 valence electrons. The van der Waals surface area contributed by atoms with Gasteiger partial charge in [0, 0.05) is 6.42 Å². The lowest BCUT2D eigenvalue weighted by Gasteiger charge is -2.40. The number of rotatable bonds is 47. The Hall–Kier alpha value is -1.07. The number of allylic oxidation sites excluding steroid dienone is 1. The fourth-order valence-electron chi connectivity index (χ4n) is 8.98. The van der Waals surface area contributed by atoms with Crippen LogP contribution in [0, 0.1) is 0 Å². The molecule has 7 unspecified atom stereocenters. The zero-order chi connectivity index (χ0) is 45.9. The highest BCUT2D eigenvalue weighted by Crippen LogP contribution is 2.23. The zero-order valence-corrected chi connectivity index (χ0v) is 41.4. The third-order valence-electron chi connectivity index (χ3n) is 13.4. The van der Waals surface area contributed by atoms with Crippen molar-refractivity contribution in [3.05, 3.63) is 12.2 Å². The number of hydrogen-bond acceptors (Lipinski definition) is 8. The van der Waals surface area contributed by atoms with Crippen LogP contribution in [0.1, 0.15) is 271 Å². The first-order valence-corrected chi connectivity index (χ1v) is 27.4. The lowest BCUT2D eigenvalue weighted by atomic mass is 9.99. The van der Waals surface area contributed by atoms with Crippen molar-refractivity contribution in [2.24, 2.45) is 0 Å². The number of aliphatic hydroxyl groups is 5. The molecule has 0 bridgehead atoms. The zero-order valence-electron chi connectivity index (χ0n) is 41.4. The van der Waals surface area contributed by atoms with E-state index in [1.807, 2.05) is 6.08 Å². The van der Waals surface area contributed by atoms with Gasteiger partial charge >= 0.3 is 0 Å². The first-order chi connectivity index (χ1) is 30.8. The number of hydrogen-bond donors (Lipinski definition) is 6. The van der Waals surface area contributed by atoms with Gasteiger partial charge < -0.3 is 40.3 Å². The molecule has 0 radical (unpaired) electrons. The van der Waals surface area contributed by atoms with Crippen LogP contribution in [-0.2, 0) is 14.3 Å². The van der Waals surface area contributed by atoms with Gasteiger partial charge in [-0.3, -0.25) is 4.79 Å². The van der Waals surface area contributed by atoms with Crippen molar-refractivity contribution in [1.29, 1.82) is 0 Å². The molecular weight excluding hydrogens is 791 g/mol. The molecule has 1 amide bonds. The van der Waals surface area contributed by atoms with Gasteiger partial charge in [0.1, 0.15) is 24.4 Å². The van der Waals surface area contributed by atoms with Gasteiger partial charge in [0.15, 0.2) is 6.29 Å². The van der Waals surface area contributed by atoms with Crippen molar-refractivity contribution >= 4 is 5.91 Å². The van der Waals surface area contributed by atoms with Gasteiger partial charge in [-0.2, -0.15) is 0 Å². The number of aliphatic hydroxyl groups excluding tert-OH is 5. The van der Waals surface area contributed by atoms with E-state index in [9.17, 15) is 30.3 Å². The Morgan fingerprint density at radius 1 is 0.524 bits per heavy atom. The average Bonchev–Trinajstić information content (AvgIpc) is 3.28. The van der Waals surface area contributed by atoms with Crippen LogP contribution in [0.4, 0.5) is 0 Å². The number of unbranched alkanes of at least 4 members (excludes halogenated alkanes) is 37. The highest BCUT2D eigenvalue weighted by Gasteiger charge is 2.44. The molecule has 1 aliphatic rings. The minimum Gasteiger partial charge on any atom is -0.394 e. The molecule has 7 atom stereocenters. The Morgan fingerprint density at radius 2 is 0.873 bits per heavy atom. The second-order valence-corrected chi connectivity index (χ2v) is 19.4. The van der Waals surface area contributed by atoms with Crippen LogP contribution in [0.2, 0.25) is 0 Å². The summed E-state index contributed by atoms with van der Waals surface area (Å²) in [5.41, 5.74) is 0. The van der Waals surface area contributed by atoms with E-state index in [1.165, 1.54) is 212 Å². The van der Waals surface area contributed by atoms with Crippen molar-refractivity contribution in [1.82, 2.24) is 5.32 Å². The van der Waals surface area contributed by atoms with E-state index in [1.54, 1.807) is 6.08 Å². The maximum Gasteiger partial charge on any atom is 0.220 e. The standard InChI is InChI=1S/C54H105NO8/c1-3-5-7-9-11-13-15-17-19-21-23-24-26-27-29-31-33-35-37-39-41-43-48(57)47(46-62-54-53(61)52(60)51(59)49(45-56)63-54)55-50(58)44-42-40-38-36-34-32-30-28-25-22-20-18-16-14-12-10-8-6-4-2/h41,43,47-49,51-54,56-57,59-61H,3-40,42,44-46H2,1-2H3,(H,55,58)/b43-41+. The molecule has 1 aliphatic heterocycles. The summed E-state index contributed by atoms with van der Waals surface area (Å²) in [7, 11) is 0. The Kier molecular flexibility index (Phi) is 42.6. The minimum atomic E-state index is -1.56. The normalized spacial score (nSPS) is 20.1. The molecule has 1 saturated heterocycles. The molecule has 0 aromatic carbocycles. The monoisotopic (exact) mass is 896 g/mol. The van der Waals surface area contributed by atoms with Gasteiger partial charge in [-0.1, -0.05) is 257 Å². The van der Waals surface area contributed by atoms with E-state index in [0.717, 1.165) is 38.5 Å². The molecule has 0 saturated carbocycles. The third kappa shape index (κ3) is 34.8. The van der Waals surface area contributed by atoms with Crippen molar-refractivity contribution < 1.29 is 39.8 Å². The minimum absolute atomic E-state index is 0.171. The first kappa shape index (κ1) is 59.9. The molecule has 0 aromatic rings. The number of nitrogens with one attached hydrogen (secondary N) is 1. The van der Waals surface area contributed by atoms with Crippen LogP contribution in [0.25, 0.3) is 0 Å². The van der Waals surface area contributed by atoms with Crippen molar-refractivity contribution in [3.63, 3.8) is 0 Å². The second kappa shape index (κ2) is 44.7. The van der Waals surface area contributed by atoms with E-state index in [4.69, 9.17) is 9.47 Å². The summed E-state index contributed by atoms with van der Waals surface area (Å²) in [6.45, 7) is 3.82. The van der Waals surface area contributed by atoms with Crippen molar-refractivity contribution in [2.45, 2.75) is 314 Å². The molecule has 1 rings (SSSR count). The molecule has 63 heavy (non-hydrogen) atoms. The summed E-state index contributed by atoms with van der Waals surface area (Å²) in [5, 5.41) is 54.4. The lowest BCUT2D eigenvalue weighted by Crippen LogP contribution is -2.60. The smallest absolute Gasteiger partial charge is 0.220 e. The van der Waals surface area contributed by atoms with E-state index in [2.05, 4.69) is 19.2 Å². The van der Waals surface area contributed by atoms with Crippen LogP contribution in [0.3, 0.4) is 0 Å². The van der Waals surface area contributed by atoms with Crippen LogP contribution >= 0.6 is 0 Å². The van der Waals surface area contributed by atoms with Gasteiger partial charge in [-0.15, -0.1) is 0 Å². The number of carbonyl (C=O) groups excluding carboxylic acids is 1. The fourth-order valence-corrected chi connectivity index (χ4v) is 8.98. The molecule has 0 aliphatic carbocycles. The van der Waals surface area contributed by atoms with Crippen LogP contribution in [-0.4, -0.2) is 87.5 Å². The Labute approximate surface area is 388 Å². The fraction of sp³-hybridized carbons (Fsp3) is 0.944. The van der Waals surface area contributed by atoms with Gasteiger partial charge in [0.2, 0.25) is 5.91 Å². The highest BCUT2D eigenvalue weighted by molar-refractivity contribution is 5.76. The summed E-state index contributed by atoms with van der Waals surface area (Å²) in [6.07, 6.45) is 46.9. The van der Waals surface area contributed by atoms with Crippen LogP contribution < -0.4 is 5.32 Å². The first-order valence-electron chi connectivity index (χ1n) is 27.4. The molecule has 0 aromatic heterocycles.